The first-order valence-electron chi connectivity index (χ1n) is 8.62. The summed E-state index contributed by atoms with van der Waals surface area (Å²) >= 11 is 6.20. The predicted molar refractivity (Wildman–Crippen MR) is 115 cm³/mol. The molecule has 0 aromatic heterocycles. The summed E-state index contributed by atoms with van der Waals surface area (Å²) in [6, 6.07) is 12.5. The molecule has 2 aromatic carbocycles. The van der Waals surface area contributed by atoms with Crippen molar-refractivity contribution in [2.45, 2.75) is 13.0 Å². The number of aromatic hydroxyl groups is 1. The van der Waals surface area contributed by atoms with Gasteiger partial charge in [-0.3, -0.25) is 15.0 Å². The van der Waals surface area contributed by atoms with Crippen LogP contribution in [-0.2, 0) is 9.59 Å². The van der Waals surface area contributed by atoms with E-state index < -0.39 is 23.9 Å². The molecule has 1 atom stereocenters. The van der Waals surface area contributed by atoms with Gasteiger partial charge >= 0.3 is 5.97 Å². The van der Waals surface area contributed by atoms with E-state index in [4.69, 9.17) is 22.1 Å². The molecule has 154 valence electrons. The number of nitrogens with zero attached hydrogens (tertiary/aromatic N) is 1. The predicted octanol–water partition coefficient (Wildman–Crippen LogP) is 2.79. The smallest absolute Gasteiger partial charge is 0.344 e. The zero-order chi connectivity index (χ0) is 21.8. The minimum absolute atomic E-state index is 0.0155. The molecule has 1 aliphatic heterocycles. The summed E-state index contributed by atoms with van der Waals surface area (Å²) in [6.45, 7) is 1.42. The van der Waals surface area contributed by atoms with Crippen LogP contribution in [0, 0.1) is 0 Å². The average Bonchev–Trinajstić information content (AvgIpc) is 2.97. The summed E-state index contributed by atoms with van der Waals surface area (Å²) in [7, 11) is 0. The lowest BCUT2D eigenvalue weighted by atomic mass is 10.2. The standard InChI is InChI=1S/C20H16N2O6S2/c1-11(19(26)27)28-13-8-6-12(7-9-13)10-16-18(25)22(20(29)30-16)21-17(24)14-4-2-3-5-15(14)23/h2-11,23H,1H3,(H,21,24)(H,26,27)/b16-10-. The van der Waals surface area contributed by atoms with Crippen molar-refractivity contribution in [3.63, 3.8) is 0 Å². The first-order chi connectivity index (χ1) is 14.3. The number of aliphatic carboxylic acids is 1. The fourth-order valence-electron chi connectivity index (χ4n) is 2.44. The maximum absolute atomic E-state index is 12.6. The summed E-state index contributed by atoms with van der Waals surface area (Å²) in [5, 5.41) is 19.6. The lowest BCUT2D eigenvalue weighted by Gasteiger charge is -2.16. The number of carboxylic acid groups (broad SMARTS) is 1. The van der Waals surface area contributed by atoms with E-state index in [0.717, 1.165) is 16.8 Å². The number of ether oxygens (including phenoxy) is 1. The molecule has 2 amide bonds. The van der Waals surface area contributed by atoms with E-state index in [1.165, 1.54) is 19.1 Å². The van der Waals surface area contributed by atoms with E-state index in [0.29, 0.717) is 16.2 Å². The second-order valence-corrected chi connectivity index (χ2v) is 7.82. The molecule has 0 spiro atoms. The van der Waals surface area contributed by atoms with Gasteiger partial charge in [0, 0.05) is 0 Å². The number of hydrogen-bond acceptors (Lipinski definition) is 7. The molecule has 0 bridgehead atoms. The monoisotopic (exact) mass is 444 g/mol. The average molecular weight is 444 g/mol. The Balaban J connectivity index is 1.71. The SMILES string of the molecule is CC(Oc1ccc(/C=C2\SC(=S)N(NC(=O)c3ccccc3O)C2=O)cc1)C(=O)O. The van der Waals surface area contributed by atoms with Crippen LogP contribution in [0.4, 0.5) is 0 Å². The topological polar surface area (TPSA) is 116 Å². The lowest BCUT2D eigenvalue weighted by molar-refractivity contribution is -0.144. The van der Waals surface area contributed by atoms with Crippen LogP contribution in [0.5, 0.6) is 11.5 Å². The van der Waals surface area contributed by atoms with E-state index >= 15 is 0 Å². The van der Waals surface area contributed by atoms with Gasteiger partial charge in [0.25, 0.3) is 11.8 Å². The van der Waals surface area contributed by atoms with Crippen LogP contribution < -0.4 is 10.2 Å². The number of benzene rings is 2. The van der Waals surface area contributed by atoms with Crippen LogP contribution in [0.25, 0.3) is 6.08 Å². The van der Waals surface area contributed by atoms with Crippen molar-refractivity contribution in [3.05, 3.63) is 64.6 Å². The molecule has 1 unspecified atom stereocenters. The second kappa shape index (κ2) is 8.97. The molecule has 2 aromatic rings. The Morgan fingerprint density at radius 3 is 2.50 bits per heavy atom. The van der Waals surface area contributed by atoms with Crippen molar-refractivity contribution in [1.29, 1.82) is 0 Å². The summed E-state index contributed by atoms with van der Waals surface area (Å²) in [6.07, 6.45) is 0.607. The van der Waals surface area contributed by atoms with Crippen molar-refractivity contribution >= 4 is 52.2 Å². The quantitative estimate of drug-likeness (QED) is 0.460. The number of rotatable bonds is 6. The van der Waals surface area contributed by atoms with E-state index in [2.05, 4.69) is 5.43 Å². The second-order valence-electron chi connectivity index (χ2n) is 6.14. The Labute approximate surface area is 181 Å². The molecule has 3 N–H and O–H groups in total. The Morgan fingerprint density at radius 2 is 1.87 bits per heavy atom. The third-order valence-electron chi connectivity index (χ3n) is 3.99. The number of carboxylic acids is 1. The lowest BCUT2D eigenvalue weighted by Crippen LogP contribution is -2.44. The van der Waals surface area contributed by atoms with Gasteiger partial charge in [-0.2, -0.15) is 5.01 Å². The van der Waals surface area contributed by atoms with Crippen LogP contribution in [-0.4, -0.2) is 43.4 Å². The van der Waals surface area contributed by atoms with Crippen molar-refractivity contribution in [2.75, 3.05) is 0 Å². The zero-order valence-electron chi connectivity index (χ0n) is 15.6. The highest BCUT2D eigenvalue weighted by atomic mass is 32.2. The minimum atomic E-state index is -1.08. The molecule has 8 nitrogen and oxygen atoms in total. The number of thiocarbonyl (C=S) groups is 1. The van der Waals surface area contributed by atoms with E-state index in [-0.39, 0.29) is 15.6 Å². The highest BCUT2D eigenvalue weighted by Crippen LogP contribution is 2.32. The van der Waals surface area contributed by atoms with Gasteiger partial charge in [-0.25, -0.2) is 4.79 Å². The maximum Gasteiger partial charge on any atom is 0.344 e. The Hall–Kier alpha value is -3.37. The van der Waals surface area contributed by atoms with Crippen LogP contribution in [0.2, 0.25) is 0 Å². The molecule has 1 heterocycles. The van der Waals surface area contributed by atoms with Crippen molar-refractivity contribution in [3.8, 4) is 11.5 Å². The summed E-state index contributed by atoms with van der Waals surface area (Å²) in [5.74, 6) is -2.08. The van der Waals surface area contributed by atoms with Gasteiger partial charge in [0.15, 0.2) is 10.4 Å². The molecule has 10 heteroatoms. The number of carbonyl (C=O) groups excluding carboxylic acids is 2. The molecule has 0 aliphatic carbocycles. The summed E-state index contributed by atoms with van der Waals surface area (Å²) in [5.41, 5.74) is 3.08. The highest BCUT2D eigenvalue weighted by Gasteiger charge is 2.34. The minimum Gasteiger partial charge on any atom is -0.507 e. The zero-order valence-corrected chi connectivity index (χ0v) is 17.2. The van der Waals surface area contributed by atoms with Crippen LogP contribution in [0.3, 0.4) is 0 Å². The van der Waals surface area contributed by atoms with Gasteiger partial charge in [0.05, 0.1) is 10.5 Å². The van der Waals surface area contributed by atoms with E-state index in [1.54, 1.807) is 42.5 Å². The fraction of sp³-hybridized carbons (Fsp3) is 0.100. The molecule has 3 rings (SSSR count). The molecule has 1 saturated heterocycles. The number of hydrazine groups is 1. The summed E-state index contributed by atoms with van der Waals surface area (Å²) < 4.78 is 5.41. The number of hydrogen-bond donors (Lipinski definition) is 3. The van der Waals surface area contributed by atoms with Gasteiger partial charge in [-0.1, -0.05) is 36.0 Å². The molecular weight excluding hydrogens is 428 g/mol. The van der Waals surface area contributed by atoms with Crippen molar-refractivity contribution < 1.29 is 29.3 Å². The maximum atomic E-state index is 12.6. The highest BCUT2D eigenvalue weighted by molar-refractivity contribution is 8.26. The van der Waals surface area contributed by atoms with Gasteiger partial charge in [-0.15, -0.1) is 0 Å². The Kier molecular flexibility index (Phi) is 6.38. The van der Waals surface area contributed by atoms with E-state index in [1.807, 2.05) is 0 Å². The number of para-hydroxylation sites is 1. The largest absolute Gasteiger partial charge is 0.507 e. The van der Waals surface area contributed by atoms with Crippen molar-refractivity contribution in [1.82, 2.24) is 10.4 Å². The number of phenols is 1. The number of phenolic OH excluding ortho intramolecular Hbond substituents is 1. The van der Waals surface area contributed by atoms with Gasteiger partial charge in [-0.05, 0) is 55.0 Å². The number of nitrogens with one attached hydrogen (secondary N) is 1. The van der Waals surface area contributed by atoms with Gasteiger partial charge < -0.3 is 14.9 Å². The number of amides is 2. The third kappa shape index (κ3) is 4.78. The van der Waals surface area contributed by atoms with E-state index in [9.17, 15) is 19.5 Å². The molecule has 0 radical (unpaired) electrons. The molecular formula is C20H16N2O6S2. The molecule has 0 saturated carbocycles. The number of carbonyl (C=O) groups is 3. The first-order valence-corrected chi connectivity index (χ1v) is 9.85. The molecule has 30 heavy (non-hydrogen) atoms. The Morgan fingerprint density at radius 1 is 1.20 bits per heavy atom. The van der Waals surface area contributed by atoms with Gasteiger partial charge in [0.2, 0.25) is 0 Å². The first kappa shape index (κ1) is 21.3. The molecule has 1 fully saturated rings. The normalized spacial score (nSPS) is 15.9. The summed E-state index contributed by atoms with van der Waals surface area (Å²) in [4.78, 5) is 36.1. The third-order valence-corrected chi connectivity index (χ3v) is 5.30. The Bertz CT molecular complexity index is 1050. The van der Waals surface area contributed by atoms with Crippen molar-refractivity contribution in [2.24, 2.45) is 0 Å². The van der Waals surface area contributed by atoms with Crippen LogP contribution >= 0.6 is 24.0 Å². The van der Waals surface area contributed by atoms with Gasteiger partial charge in [0.1, 0.15) is 11.5 Å². The van der Waals surface area contributed by atoms with Crippen LogP contribution in [0.1, 0.15) is 22.8 Å². The molecule has 1 aliphatic rings. The number of thioether (sulfide) groups is 1. The van der Waals surface area contributed by atoms with Crippen LogP contribution in [0.15, 0.2) is 53.4 Å². The fourth-order valence-corrected chi connectivity index (χ4v) is 3.62.